The van der Waals surface area contributed by atoms with Crippen LogP contribution in [0.25, 0.3) is 0 Å². The Morgan fingerprint density at radius 2 is 1.94 bits per heavy atom. The van der Waals surface area contributed by atoms with Gasteiger partial charge in [0.2, 0.25) is 5.91 Å². The monoisotopic (exact) mass is 444 g/mol. The second kappa shape index (κ2) is 8.84. The van der Waals surface area contributed by atoms with Crippen LogP contribution in [0.15, 0.2) is 23.4 Å². The first-order valence-electron chi connectivity index (χ1n) is 11.2. The van der Waals surface area contributed by atoms with Crippen molar-refractivity contribution >= 4 is 11.9 Å². The van der Waals surface area contributed by atoms with E-state index >= 15 is 0 Å². The molecule has 3 aliphatic heterocycles. The van der Waals surface area contributed by atoms with Gasteiger partial charge in [0.25, 0.3) is 0 Å². The fourth-order valence-corrected chi connectivity index (χ4v) is 5.17. The molecule has 0 bridgehead atoms. The van der Waals surface area contributed by atoms with E-state index in [9.17, 15) is 19.8 Å². The summed E-state index contributed by atoms with van der Waals surface area (Å²) in [4.78, 5) is 28.1. The highest BCUT2D eigenvalue weighted by Gasteiger charge is 2.59. The number of carboxylic acids is 1. The third-order valence-electron chi connectivity index (χ3n) is 7.03. The molecule has 1 aromatic rings. The molecule has 0 unspecified atom stereocenters. The summed E-state index contributed by atoms with van der Waals surface area (Å²) in [6.45, 7) is 11.8. The van der Waals surface area contributed by atoms with E-state index in [0.717, 1.165) is 44.0 Å². The predicted molar refractivity (Wildman–Crippen MR) is 117 cm³/mol. The maximum atomic E-state index is 12.5. The summed E-state index contributed by atoms with van der Waals surface area (Å²) in [6.07, 6.45) is -0.814. The van der Waals surface area contributed by atoms with Crippen LogP contribution in [-0.2, 0) is 20.9 Å². The molecule has 4 atom stereocenters. The molecule has 8 heteroatoms. The number of amides is 1. The molecule has 1 aromatic carbocycles. The van der Waals surface area contributed by atoms with Crippen molar-refractivity contribution in [3.8, 4) is 5.75 Å². The highest BCUT2D eigenvalue weighted by Crippen LogP contribution is 2.47. The largest absolute Gasteiger partial charge is 0.489 e. The number of carbonyl (C=O) groups excluding carboxylic acids is 1. The number of aliphatic hydroxyl groups is 1. The summed E-state index contributed by atoms with van der Waals surface area (Å²) in [6, 6.07) is 3.81. The molecular weight excluding hydrogens is 412 g/mol. The molecule has 1 amide bonds. The Labute approximate surface area is 188 Å². The predicted octanol–water partition coefficient (Wildman–Crippen LogP) is 1.71. The minimum Gasteiger partial charge on any atom is -0.489 e. The Balaban J connectivity index is 1.51. The Kier molecular flexibility index (Phi) is 6.29. The Bertz CT molecular complexity index is 950. The number of β-lactam (4-membered cyclic amide) rings is 1. The van der Waals surface area contributed by atoms with Crippen LogP contribution in [0, 0.1) is 25.7 Å². The van der Waals surface area contributed by atoms with E-state index in [1.54, 1.807) is 6.92 Å². The zero-order valence-electron chi connectivity index (χ0n) is 19.1. The van der Waals surface area contributed by atoms with Gasteiger partial charge in [-0.25, -0.2) is 4.79 Å². The first-order valence-corrected chi connectivity index (χ1v) is 11.2. The van der Waals surface area contributed by atoms with Crippen molar-refractivity contribution in [2.24, 2.45) is 11.8 Å². The summed E-state index contributed by atoms with van der Waals surface area (Å²) in [7, 11) is 0. The molecule has 0 spiro atoms. The van der Waals surface area contributed by atoms with Gasteiger partial charge in [0.1, 0.15) is 18.1 Å². The second-order valence-corrected chi connectivity index (χ2v) is 9.15. The Hall–Kier alpha value is -2.42. The number of fused-ring (bicyclic) bond motifs is 1. The number of morpholine rings is 1. The maximum Gasteiger partial charge on any atom is 0.352 e. The minimum absolute atomic E-state index is 0.00251. The number of aliphatic hydroxyl groups excluding tert-OH is 1. The van der Waals surface area contributed by atoms with Gasteiger partial charge < -0.3 is 24.6 Å². The van der Waals surface area contributed by atoms with Crippen LogP contribution in [0.1, 0.15) is 30.5 Å². The molecule has 2 fully saturated rings. The Morgan fingerprint density at radius 3 is 2.56 bits per heavy atom. The van der Waals surface area contributed by atoms with Gasteiger partial charge in [-0.3, -0.25) is 9.69 Å². The number of hydrogen-bond acceptors (Lipinski definition) is 6. The first kappa shape index (κ1) is 22.8. The SMILES string of the molecule is Cc1cc(OCC2=C(C(=O)O)N3C(=O)[C@H]([C@@H](C)O)[C@H]3[C@H]2C)c(C)cc1CN1CCOCC1. The maximum absolute atomic E-state index is 12.5. The van der Waals surface area contributed by atoms with E-state index in [0.29, 0.717) is 11.3 Å². The zero-order valence-corrected chi connectivity index (χ0v) is 19.1. The number of nitrogens with zero attached hydrogens (tertiary/aromatic N) is 2. The smallest absolute Gasteiger partial charge is 0.352 e. The van der Waals surface area contributed by atoms with E-state index < -0.39 is 18.0 Å². The second-order valence-electron chi connectivity index (χ2n) is 9.15. The zero-order chi connectivity index (χ0) is 23.2. The first-order chi connectivity index (χ1) is 15.2. The fourth-order valence-electron chi connectivity index (χ4n) is 5.17. The van der Waals surface area contributed by atoms with Crippen molar-refractivity contribution < 1.29 is 29.3 Å². The lowest BCUT2D eigenvalue weighted by Gasteiger charge is -2.46. The Morgan fingerprint density at radius 1 is 1.25 bits per heavy atom. The van der Waals surface area contributed by atoms with Crippen LogP contribution in [0.5, 0.6) is 5.75 Å². The molecule has 4 rings (SSSR count). The van der Waals surface area contributed by atoms with E-state index in [1.165, 1.54) is 10.5 Å². The van der Waals surface area contributed by atoms with E-state index in [1.807, 2.05) is 19.9 Å². The van der Waals surface area contributed by atoms with E-state index in [2.05, 4.69) is 17.9 Å². The van der Waals surface area contributed by atoms with Crippen LogP contribution in [0.3, 0.4) is 0 Å². The fraction of sp³-hybridized carbons (Fsp3) is 0.583. The summed E-state index contributed by atoms with van der Waals surface area (Å²) in [5.74, 6) is -1.51. The van der Waals surface area contributed by atoms with E-state index in [4.69, 9.17) is 9.47 Å². The van der Waals surface area contributed by atoms with E-state index in [-0.39, 0.29) is 30.2 Å². The standard InChI is InChI=1S/C24H32N2O6/c1-13-10-19(14(2)9-17(13)11-25-5-7-31-8-6-25)32-12-18-15(3)21-20(16(4)27)23(28)26(21)22(18)24(29)30/h9-10,15-16,20-21,27H,5-8,11-12H2,1-4H3,(H,29,30)/t15-,16+,20+,21+/m0/s1. The van der Waals surface area contributed by atoms with Crippen molar-refractivity contribution in [3.63, 3.8) is 0 Å². The number of aliphatic carboxylic acids is 1. The van der Waals surface area contributed by atoms with Gasteiger partial charge in [0.05, 0.1) is 31.3 Å². The minimum atomic E-state index is -1.14. The van der Waals surface area contributed by atoms with Gasteiger partial charge in [-0.15, -0.1) is 0 Å². The molecule has 32 heavy (non-hydrogen) atoms. The number of ether oxygens (including phenoxy) is 2. The highest BCUT2D eigenvalue weighted by atomic mass is 16.5. The van der Waals surface area contributed by atoms with Gasteiger partial charge in [-0.2, -0.15) is 0 Å². The summed E-state index contributed by atoms with van der Waals surface area (Å²) >= 11 is 0. The van der Waals surface area contributed by atoms with Crippen molar-refractivity contribution in [1.82, 2.24) is 9.80 Å². The average Bonchev–Trinajstić information content (AvgIpc) is 2.98. The van der Waals surface area contributed by atoms with Crippen LogP contribution in [0.2, 0.25) is 0 Å². The molecule has 3 heterocycles. The third kappa shape index (κ3) is 3.91. The number of carbonyl (C=O) groups is 2. The number of carboxylic acid groups (broad SMARTS) is 1. The van der Waals surface area contributed by atoms with Crippen LogP contribution in [0.4, 0.5) is 0 Å². The normalized spacial score (nSPS) is 26.7. The molecule has 174 valence electrons. The molecule has 3 aliphatic rings. The lowest BCUT2D eigenvalue weighted by Crippen LogP contribution is -2.63. The number of hydrogen-bond donors (Lipinski definition) is 2. The number of benzene rings is 1. The molecular formula is C24H32N2O6. The molecule has 0 radical (unpaired) electrons. The third-order valence-corrected chi connectivity index (χ3v) is 7.03. The lowest BCUT2D eigenvalue weighted by molar-refractivity contribution is -0.163. The topological polar surface area (TPSA) is 99.5 Å². The van der Waals surface area contributed by atoms with Crippen LogP contribution >= 0.6 is 0 Å². The number of rotatable bonds is 7. The van der Waals surface area contributed by atoms with Crippen molar-refractivity contribution in [3.05, 3.63) is 40.1 Å². The quantitative estimate of drug-likeness (QED) is 0.618. The van der Waals surface area contributed by atoms with Crippen molar-refractivity contribution in [2.75, 3.05) is 32.9 Å². The molecule has 8 nitrogen and oxygen atoms in total. The van der Waals surface area contributed by atoms with Gasteiger partial charge in [0.15, 0.2) is 0 Å². The summed E-state index contributed by atoms with van der Waals surface area (Å²) in [5, 5.41) is 19.8. The van der Waals surface area contributed by atoms with Gasteiger partial charge in [-0.05, 0) is 43.5 Å². The van der Waals surface area contributed by atoms with Crippen molar-refractivity contribution in [2.45, 2.75) is 46.4 Å². The van der Waals surface area contributed by atoms with Crippen LogP contribution < -0.4 is 4.74 Å². The molecule has 2 saturated heterocycles. The lowest BCUT2D eigenvalue weighted by atomic mass is 9.78. The molecule has 2 N–H and O–H groups in total. The summed E-state index contributed by atoms with van der Waals surface area (Å²) < 4.78 is 11.5. The number of aryl methyl sites for hydroxylation is 2. The van der Waals surface area contributed by atoms with Gasteiger partial charge >= 0.3 is 5.97 Å². The molecule has 0 saturated carbocycles. The molecule has 0 aliphatic carbocycles. The molecule has 0 aromatic heterocycles. The van der Waals surface area contributed by atoms with Gasteiger partial charge in [0, 0.05) is 31.1 Å². The van der Waals surface area contributed by atoms with Crippen LogP contribution in [-0.4, -0.2) is 76.9 Å². The van der Waals surface area contributed by atoms with Gasteiger partial charge in [-0.1, -0.05) is 13.0 Å². The highest BCUT2D eigenvalue weighted by molar-refractivity contribution is 6.00. The summed E-state index contributed by atoms with van der Waals surface area (Å²) in [5.41, 5.74) is 3.95. The van der Waals surface area contributed by atoms with Crippen molar-refractivity contribution in [1.29, 1.82) is 0 Å². The average molecular weight is 445 g/mol.